The highest BCUT2D eigenvalue weighted by Gasteiger charge is 2.20. The first-order chi connectivity index (χ1) is 9.52. The molecule has 1 aliphatic heterocycles. The normalized spacial score (nSPS) is 16.6. The van der Waals surface area contributed by atoms with Crippen molar-refractivity contribution in [3.05, 3.63) is 46.2 Å². The Labute approximate surface area is 125 Å². The number of carbonyl (C=O) groups is 1. The first-order valence-electron chi connectivity index (χ1n) is 5.94. The fourth-order valence-corrected chi connectivity index (χ4v) is 2.41. The Hall–Kier alpha value is -1.98. The summed E-state index contributed by atoms with van der Waals surface area (Å²) < 4.78 is 0. The van der Waals surface area contributed by atoms with Crippen molar-refractivity contribution in [1.29, 1.82) is 0 Å². The molecule has 1 amide bonds. The Bertz CT molecular complexity index is 785. The minimum atomic E-state index is -0.268. The van der Waals surface area contributed by atoms with Gasteiger partial charge in [0.25, 0.3) is 5.91 Å². The van der Waals surface area contributed by atoms with Gasteiger partial charge in [-0.15, -0.1) is 0 Å². The van der Waals surface area contributed by atoms with Crippen molar-refractivity contribution in [3.63, 3.8) is 0 Å². The van der Waals surface area contributed by atoms with Gasteiger partial charge in [0.05, 0.1) is 5.52 Å². The summed E-state index contributed by atoms with van der Waals surface area (Å²) in [5.74, 6) is -0.268. The van der Waals surface area contributed by atoms with E-state index in [1.807, 2.05) is 31.2 Å². The molecule has 1 saturated heterocycles. The van der Waals surface area contributed by atoms with Gasteiger partial charge in [-0.25, -0.2) is 4.98 Å². The number of pyridine rings is 1. The molecule has 0 unspecified atom stereocenters. The highest BCUT2D eigenvalue weighted by Crippen LogP contribution is 2.23. The smallest absolute Gasteiger partial charge is 0.273 e. The summed E-state index contributed by atoms with van der Waals surface area (Å²) in [4.78, 5) is 16.0. The molecule has 0 radical (unpaired) electrons. The van der Waals surface area contributed by atoms with Gasteiger partial charge in [0.1, 0.15) is 10.9 Å². The number of amides is 1. The molecule has 100 valence electrons. The van der Waals surface area contributed by atoms with Gasteiger partial charge in [-0.3, -0.25) is 10.1 Å². The number of rotatable bonds is 1. The van der Waals surface area contributed by atoms with Gasteiger partial charge in [-0.1, -0.05) is 23.7 Å². The third kappa shape index (κ3) is 2.37. The Morgan fingerprint density at radius 2 is 2.10 bits per heavy atom. The van der Waals surface area contributed by atoms with Crippen molar-refractivity contribution in [2.75, 3.05) is 0 Å². The van der Waals surface area contributed by atoms with Crippen LogP contribution in [-0.4, -0.2) is 16.0 Å². The maximum absolute atomic E-state index is 11.6. The second-order valence-electron chi connectivity index (χ2n) is 4.53. The Balaban J connectivity index is 2.10. The van der Waals surface area contributed by atoms with Crippen molar-refractivity contribution in [2.45, 2.75) is 6.92 Å². The molecule has 0 spiro atoms. The molecule has 0 bridgehead atoms. The molecule has 0 saturated carbocycles. The summed E-state index contributed by atoms with van der Waals surface area (Å²) >= 11 is 11.1. The molecule has 1 aromatic heterocycles. The van der Waals surface area contributed by atoms with Crippen molar-refractivity contribution in [2.24, 2.45) is 0 Å². The molecular formula is C14H10ClN3OS. The first kappa shape index (κ1) is 13.0. The van der Waals surface area contributed by atoms with E-state index in [0.717, 1.165) is 16.5 Å². The van der Waals surface area contributed by atoms with Crippen molar-refractivity contribution in [3.8, 4) is 0 Å². The van der Waals surface area contributed by atoms with E-state index in [1.165, 1.54) is 0 Å². The number of nitrogens with zero attached hydrogens (tertiary/aromatic N) is 1. The lowest BCUT2D eigenvalue weighted by atomic mass is 10.1. The molecule has 2 N–H and O–H groups in total. The van der Waals surface area contributed by atoms with Crippen LogP contribution in [0.25, 0.3) is 17.0 Å². The van der Waals surface area contributed by atoms with Crippen LogP contribution in [-0.2, 0) is 4.79 Å². The topological polar surface area (TPSA) is 54.0 Å². The van der Waals surface area contributed by atoms with Crippen LogP contribution >= 0.6 is 23.8 Å². The van der Waals surface area contributed by atoms with Gasteiger partial charge in [0, 0.05) is 10.9 Å². The number of hydrogen-bond acceptors (Lipinski definition) is 3. The van der Waals surface area contributed by atoms with E-state index < -0.39 is 0 Å². The molecule has 20 heavy (non-hydrogen) atoms. The quantitative estimate of drug-likeness (QED) is 0.483. The lowest BCUT2D eigenvalue weighted by Gasteiger charge is -2.04. The van der Waals surface area contributed by atoms with Crippen LogP contribution in [0.15, 0.2) is 30.0 Å². The SMILES string of the molecule is Cc1ccc2cc(/C=C3\NC(=S)NC3=O)c(Cl)nc2c1. The van der Waals surface area contributed by atoms with Crippen LogP contribution < -0.4 is 10.6 Å². The summed E-state index contributed by atoms with van der Waals surface area (Å²) in [6.45, 7) is 2.00. The minimum Gasteiger partial charge on any atom is -0.328 e. The molecule has 6 heteroatoms. The Morgan fingerprint density at radius 3 is 2.80 bits per heavy atom. The number of fused-ring (bicyclic) bond motifs is 1. The van der Waals surface area contributed by atoms with Crippen LogP contribution in [0.3, 0.4) is 0 Å². The van der Waals surface area contributed by atoms with Crippen molar-refractivity contribution < 1.29 is 4.79 Å². The average Bonchev–Trinajstić information content (AvgIpc) is 2.69. The fraction of sp³-hybridized carbons (Fsp3) is 0.0714. The molecule has 1 aromatic carbocycles. The third-order valence-electron chi connectivity index (χ3n) is 2.97. The predicted octanol–water partition coefficient (Wildman–Crippen LogP) is 2.54. The van der Waals surface area contributed by atoms with Gasteiger partial charge in [-0.2, -0.15) is 0 Å². The van der Waals surface area contributed by atoms with Gasteiger partial charge < -0.3 is 5.32 Å². The number of benzene rings is 1. The lowest BCUT2D eigenvalue weighted by molar-refractivity contribution is -0.115. The molecule has 1 aliphatic rings. The number of halogens is 1. The van der Waals surface area contributed by atoms with E-state index in [-0.39, 0.29) is 5.91 Å². The molecule has 0 aliphatic carbocycles. The van der Waals surface area contributed by atoms with Crippen LogP contribution in [0, 0.1) is 6.92 Å². The van der Waals surface area contributed by atoms with Gasteiger partial charge in [-0.05, 0) is 42.9 Å². The number of aryl methyl sites for hydroxylation is 1. The highest BCUT2D eigenvalue weighted by atomic mass is 35.5. The standard InChI is InChI=1S/C14H10ClN3OS/c1-7-2-3-8-5-9(12(15)16-10(8)4-7)6-11-13(19)18-14(20)17-11/h2-6H,1H3,(H2,17,18,19,20)/b11-6-. The molecule has 2 aromatic rings. The van der Waals surface area contributed by atoms with Gasteiger partial charge >= 0.3 is 0 Å². The van der Waals surface area contributed by atoms with E-state index in [9.17, 15) is 4.79 Å². The summed E-state index contributed by atoms with van der Waals surface area (Å²) in [6, 6.07) is 7.84. The number of thiocarbonyl (C=S) groups is 1. The maximum atomic E-state index is 11.6. The summed E-state index contributed by atoms with van der Waals surface area (Å²) in [7, 11) is 0. The van der Waals surface area contributed by atoms with Gasteiger partial charge in [0.15, 0.2) is 5.11 Å². The van der Waals surface area contributed by atoms with E-state index in [0.29, 0.717) is 21.5 Å². The fourth-order valence-electron chi connectivity index (χ4n) is 2.01. The zero-order valence-electron chi connectivity index (χ0n) is 10.5. The Morgan fingerprint density at radius 1 is 1.30 bits per heavy atom. The summed E-state index contributed by atoms with van der Waals surface area (Å²) in [6.07, 6.45) is 1.64. The maximum Gasteiger partial charge on any atom is 0.273 e. The van der Waals surface area contributed by atoms with Crippen LogP contribution in [0.1, 0.15) is 11.1 Å². The monoisotopic (exact) mass is 303 g/mol. The molecule has 2 heterocycles. The highest BCUT2D eigenvalue weighted by molar-refractivity contribution is 7.80. The zero-order chi connectivity index (χ0) is 14.3. The van der Waals surface area contributed by atoms with Crippen LogP contribution in [0.2, 0.25) is 5.15 Å². The second-order valence-corrected chi connectivity index (χ2v) is 5.30. The third-order valence-corrected chi connectivity index (χ3v) is 3.48. The number of nitrogens with one attached hydrogen (secondary N) is 2. The summed E-state index contributed by atoms with van der Waals surface area (Å²) in [5.41, 5.74) is 2.99. The summed E-state index contributed by atoms with van der Waals surface area (Å²) in [5, 5.41) is 6.89. The van der Waals surface area contributed by atoms with E-state index in [1.54, 1.807) is 6.08 Å². The molecule has 3 rings (SSSR count). The Kier molecular flexibility index (Phi) is 3.16. The number of hydrogen-bond donors (Lipinski definition) is 2. The van der Waals surface area contributed by atoms with Crippen LogP contribution in [0.4, 0.5) is 0 Å². The average molecular weight is 304 g/mol. The molecular weight excluding hydrogens is 294 g/mol. The van der Waals surface area contributed by atoms with Crippen molar-refractivity contribution in [1.82, 2.24) is 15.6 Å². The molecule has 0 atom stereocenters. The largest absolute Gasteiger partial charge is 0.328 e. The number of aromatic nitrogens is 1. The zero-order valence-corrected chi connectivity index (χ0v) is 12.1. The minimum absolute atomic E-state index is 0.268. The van der Waals surface area contributed by atoms with Gasteiger partial charge in [0.2, 0.25) is 0 Å². The lowest BCUT2D eigenvalue weighted by Crippen LogP contribution is -2.21. The van der Waals surface area contributed by atoms with E-state index in [2.05, 4.69) is 15.6 Å². The van der Waals surface area contributed by atoms with E-state index >= 15 is 0 Å². The second kappa shape index (κ2) is 4.85. The van der Waals surface area contributed by atoms with Crippen molar-refractivity contribution >= 4 is 51.8 Å². The molecule has 4 nitrogen and oxygen atoms in total. The predicted molar refractivity (Wildman–Crippen MR) is 83.3 cm³/mol. The first-order valence-corrected chi connectivity index (χ1v) is 6.72. The van der Waals surface area contributed by atoms with Crippen LogP contribution in [0.5, 0.6) is 0 Å². The van der Waals surface area contributed by atoms with E-state index in [4.69, 9.17) is 23.8 Å². The molecule has 1 fully saturated rings. The number of carbonyl (C=O) groups excluding carboxylic acids is 1.